The number of methoxy groups -OCH3 is 1. The number of carbonyl (C=O) groups is 1. The Morgan fingerprint density at radius 2 is 1.68 bits per heavy atom. The van der Waals surface area contributed by atoms with Gasteiger partial charge < -0.3 is 19.3 Å². The first-order chi connectivity index (χ1) is 13.7. The first-order valence-corrected chi connectivity index (χ1v) is 9.79. The van der Waals surface area contributed by atoms with Gasteiger partial charge in [0, 0.05) is 37.8 Å². The molecule has 0 atom stereocenters. The lowest BCUT2D eigenvalue weighted by atomic mass is 10.1. The SMILES string of the molecule is CCCOc1ccccc1/C=C/C(=O)N1CCN(c2ccccc2OC)CC1. The Labute approximate surface area is 167 Å². The van der Waals surface area contributed by atoms with Gasteiger partial charge in [-0.3, -0.25) is 4.79 Å². The highest BCUT2D eigenvalue weighted by atomic mass is 16.5. The molecule has 2 aromatic carbocycles. The maximum absolute atomic E-state index is 12.6. The van der Waals surface area contributed by atoms with Crippen LogP contribution in [0.2, 0.25) is 0 Å². The minimum atomic E-state index is 0.0324. The summed E-state index contributed by atoms with van der Waals surface area (Å²) in [4.78, 5) is 16.8. The highest BCUT2D eigenvalue weighted by Crippen LogP contribution is 2.28. The molecule has 1 amide bonds. The number of anilines is 1. The van der Waals surface area contributed by atoms with Crippen molar-refractivity contribution >= 4 is 17.7 Å². The van der Waals surface area contributed by atoms with Crippen LogP contribution in [0.1, 0.15) is 18.9 Å². The second-order valence-corrected chi connectivity index (χ2v) is 6.70. The van der Waals surface area contributed by atoms with Gasteiger partial charge in [0.15, 0.2) is 0 Å². The molecule has 0 aliphatic carbocycles. The second-order valence-electron chi connectivity index (χ2n) is 6.70. The number of benzene rings is 2. The number of para-hydroxylation sites is 3. The van der Waals surface area contributed by atoms with Gasteiger partial charge in [0.05, 0.1) is 19.4 Å². The van der Waals surface area contributed by atoms with E-state index in [4.69, 9.17) is 9.47 Å². The summed E-state index contributed by atoms with van der Waals surface area (Å²) in [6.45, 7) is 5.70. The predicted octanol–water partition coefficient (Wildman–Crippen LogP) is 3.85. The molecule has 148 valence electrons. The number of nitrogens with zero attached hydrogens (tertiary/aromatic N) is 2. The summed E-state index contributed by atoms with van der Waals surface area (Å²) < 4.78 is 11.2. The molecule has 0 saturated carbocycles. The van der Waals surface area contributed by atoms with Crippen LogP contribution in [-0.4, -0.2) is 50.7 Å². The monoisotopic (exact) mass is 380 g/mol. The van der Waals surface area contributed by atoms with E-state index in [-0.39, 0.29) is 5.91 Å². The van der Waals surface area contributed by atoms with E-state index in [9.17, 15) is 4.79 Å². The van der Waals surface area contributed by atoms with E-state index in [2.05, 4.69) is 17.9 Å². The lowest BCUT2D eigenvalue weighted by molar-refractivity contribution is -0.126. The van der Waals surface area contributed by atoms with E-state index in [1.54, 1.807) is 13.2 Å². The quantitative estimate of drug-likeness (QED) is 0.685. The zero-order valence-electron chi connectivity index (χ0n) is 16.6. The van der Waals surface area contributed by atoms with Crippen LogP contribution < -0.4 is 14.4 Å². The van der Waals surface area contributed by atoms with E-state index < -0.39 is 0 Å². The second kappa shape index (κ2) is 9.83. The molecule has 0 unspecified atom stereocenters. The molecule has 5 nitrogen and oxygen atoms in total. The van der Waals surface area contributed by atoms with Gasteiger partial charge in [-0.2, -0.15) is 0 Å². The summed E-state index contributed by atoms with van der Waals surface area (Å²) in [7, 11) is 1.69. The topological polar surface area (TPSA) is 42.0 Å². The molecule has 0 aromatic heterocycles. The molecule has 1 heterocycles. The average molecular weight is 380 g/mol. The van der Waals surface area contributed by atoms with Gasteiger partial charge in [-0.05, 0) is 30.7 Å². The molecule has 0 spiro atoms. The maximum Gasteiger partial charge on any atom is 0.246 e. The Morgan fingerprint density at radius 3 is 2.39 bits per heavy atom. The Balaban J connectivity index is 1.59. The van der Waals surface area contributed by atoms with Crippen molar-refractivity contribution in [3.63, 3.8) is 0 Å². The third kappa shape index (κ3) is 4.85. The van der Waals surface area contributed by atoms with Gasteiger partial charge in [-0.1, -0.05) is 37.3 Å². The normalized spacial score (nSPS) is 14.4. The van der Waals surface area contributed by atoms with Crippen LogP contribution in [0, 0.1) is 0 Å². The van der Waals surface area contributed by atoms with Gasteiger partial charge in [0.25, 0.3) is 0 Å². The standard InChI is InChI=1S/C23H28N2O3/c1-3-18-28-21-10-6-4-8-19(21)12-13-23(26)25-16-14-24(15-17-25)20-9-5-7-11-22(20)27-2/h4-13H,3,14-18H2,1-2H3/b13-12+. The Hall–Kier alpha value is -2.95. The summed E-state index contributed by atoms with van der Waals surface area (Å²) in [6.07, 6.45) is 4.44. The van der Waals surface area contributed by atoms with E-state index in [1.165, 1.54) is 0 Å². The van der Waals surface area contributed by atoms with Crippen LogP contribution in [-0.2, 0) is 4.79 Å². The first kappa shape index (κ1) is 19.8. The van der Waals surface area contributed by atoms with Crippen LogP contribution in [0.5, 0.6) is 11.5 Å². The van der Waals surface area contributed by atoms with Crippen molar-refractivity contribution in [1.82, 2.24) is 4.90 Å². The Kier molecular flexibility index (Phi) is 6.95. The fraction of sp³-hybridized carbons (Fsp3) is 0.348. The highest BCUT2D eigenvalue weighted by molar-refractivity contribution is 5.92. The largest absolute Gasteiger partial charge is 0.495 e. The first-order valence-electron chi connectivity index (χ1n) is 9.79. The summed E-state index contributed by atoms with van der Waals surface area (Å²) in [5, 5.41) is 0. The molecule has 5 heteroatoms. The van der Waals surface area contributed by atoms with Crippen LogP contribution in [0.4, 0.5) is 5.69 Å². The van der Waals surface area contributed by atoms with E-state index in [0.717, 1.165) is 42.3 Å². The van der Waals surface area contributed by atoms with Crippen molar-refractivity contribution < 1.29 is 14.3 Å². The summed E-state index contributed by atoms with van der Waals surface area (Å²) in [5.41, 5.74) is 2.01. The van der Waals surface area contributed by atoms with Crippen LogP contribution in [0.15, 0.2) is 54.6 Å². The Morgan fingerprint density at radius 1 is 1.00 bits per heavy atom. The molecule has 2 aromatic rings. The zero-order chi connectivity index (χ0) is 19.8. The molecule has 0 radical (unpaired) electrons. The minimum absolute atomic E-state index is 0.0324. The number of piperazine rings is 1. The third-order valence-electron chi connectivity index (χ3n) is 4.80. The van der Waals surface area contributed by atoms with Gasteiger partial charge in [-0.25, -0.2) is 0 Å². The van der Waals surface area contributed by atoms with Crippen LogP contribution >= 0.6 is 0 Å². The Bertz CT molecular complexity index is 811. The average Bonchev–Trinajstić information content (AvgIpc) is 2.76. The number of carbonyl (C=O) groups excluding carboxylic acids is 1. The molecule has 1 fully saturated rings. The number of rotatable bonds is 7. The van der Waals surface area contributed by atoms with E-state index in [0.29, 0.717) is 19.7 Å². The zero-order valence-corrected chi connectivity index (χ0v) is 16.6. The number of ether oxygens (including phenoxy) is 2. The molecule has 1 saturated heterocycles. The molecule has 1 aliphatic rings. The predicted molar refractivity (Wildman–Crippen MR) is 113 cm³/mol. The van der Waals surface area contributed by atoms with Crippen molar-refractivity contribution in [2.24, 2.45) is 0 Å². The number of hydrogen-bond acceptors (Lipinski definition) is 4. The van der Waals surface area contributed by atoms with E-state index >= 15 is 0 Å². The summed E-state index contributed by atoms with van der Waals surface area (Å²) in [5.74, 6) is 1.71. The highest BCUT2D eigenvalue weighted by Gasteiger charge is 2.21. The number of amides is 1. The summed E-state index contributed by atoms with van der Waals surface area (Å²) >= 11 is 0. The van der Waals surface area contributed by atoms with Crippen molar-refractivity contribution in [2.45, 2.75) is 13.3 Å². The molecule has 0 N–H and O–H groups in total. The maximum atomic E-state index is 12.6. The fourth-order valence-electron chi connectivity index (χ4n) is 3.29. The molecular weight excluding hydrogens is 352 g/mol. The van der Waals surface area contributed by atoms with Crippen LogP contribution in [0.25, 0.3) is 6.08 Å². The van der Waals surface area contributed by atoms with Crippen molar-refractivity contribution in [1.29, 1.82) is 0 Å². The van der Waals surface area contributed by atoms with Crippen molar-refractivity contribution in [3.8, 4) is 11.5 Å². The molecule has 0 bridgehead atoms. The lowest BCUT2D eigenvalue weighted by Gasteiger charge is -2.36. The van der Waals surface area contributed by atoms with Gasteiger partial charge in [0.2, 0.25) is 5.91 Å². The van der Waals surface area contributed by atoms with Crippen molar-refractivity contribution in [2.75, 3.05) is 44.8 Å². The fourth-order valence-corrected chi connectivity index (χ4v) is 3.29. The van der Waals surface area contributed by atoms with Gasteiger partial charge in [0.1, 0.15) is 11.5 Å². The van der Waals surface area contributed by atoms with E-state index in [1.807, 2.05) is 53.4 Å². The molecular formula is C23H28N2O3. The minimum Gasteiger partial charge on any atom is -0.495 e. The molecule has 3 rings (SSSR count). The molecule has 1 aliphatic heterocycles. The van der Waals surface area contributed by atoms with Crippen LogP contribution in [0.3, 0.4) is 0 Å². The molecule has 28 heavy (non-hydrogen) atoms. The third-order valence-corrected chi connectivity index (χ3v) is 4.80. The van der Waals surface area contributed by atoms with Gasteiger partial charge >= 0.3 is 0 Å². The number of hydrogen-bond donors (Lipinski definition) is 0. The van der Waals surface area contributed by atoms with Crippen molar-refractivity contribution in [3.05, 3.63) is 60.2 Å². The lowest BCUT2D eigenvalue weighted by Crippen LogP contribution is -2.48. The van der Waals surface area contributed by atoms with Gasteiger partial charge in [-0.15, -0.1) is 0 Å². The summed E-state index contributed by atoms with van der Waals surface area (Å²) in [6, 6.07) is 15.8. The smallest absolute Gasteiger partial charge is 0.246 e.